The molecule has 0 saturated heterocycles. The van der Waals surface area contributed by atoms with E-state index >= 15 is 0 Å². The van der Waals surface area contributed by atoms with E-state index in [1.165, 1.54) is 0 Å². The van der Waals surface area contributed by atoms with Crippen LogP contribution in [0.15, 0.2) is 24.3 Å². The number of fused-ring (bicyclic) bond motifs is 1. The maximum atomic E-state index is 12.2. The van der Waals surface area contributed by atoms with Crippen molar-refractivity contribution in [1.82, 2.24) is 0 Å². The van der Waals surface area contributed by atoms with E-state index in [1.54, 1.807) is 4.90 Å². The second-order valence-corrected chi connectivity index (χ2v) is 5.27. The summed E-state index contributed by atoms with van der Waals surface area (Å²) in [5.74, 6) is 0. The highest BCUT2D eigenvalue weighted by atomic mass is 16.6. The van der Waals surface area contributed by atoms with Crippen LogP contribution >= 0.6 is 0 Å². The van der Waals surface area contributed by atoms with Gasteiger partial charge < -0.3 is 9.84 Å². The molecular weight excluding hydrogens is 254 g/mol. The maximum absolute atomic E-state index is 12.2. The van der Waals surface area contributed by atoms with Gasteiger partial charge in [-0.05, 0) is 25.3 Å². The molecule has 0 aromatic heterocycles. The molecule has 1 aromatic carbocycles. The van der Waals surface area contributed by atoms with E-state index in [9.17, 15) is 9.90 Å². The molecule has 1 heterocycles. The standard InChI is InChI=1S/C16H23NO3/c1-3-5-12-20-15(18)17-11-10-16(19,4-2)13-8-6-7-9-14(13)17/h6-9,19H,3-5,10-12H2,1-2H3. The van der Waals surface area contributed by atoms with Gasteiger partial charge in [0.25, 0.3) is 0 Å². The lowest BCUT2D eigenvalue weighted by atomic mass is 9.83. The molecule has 4 nitrogen and oxygen atoms in total. The van der Waals surface area contributed by atoms with Crippen LogP contribution in [0.25, 0.3) is 0 Å². The average Bonchev–Trinajstić information content (AvgIpc) is 2.48. The molecule has 1 unspecified atom stereocenters. The number of rotatable bonds is 4. The number of aliphatic hydroxyl groups is 1. The minimum absolute atomic E-state index is 0.316. The monoisotopic (exact) mass is 277 g/mol. The quantitative estimate of drug-likeness (QED) is 0.858. The third-order valence-corrected chi connectivity index (χ3v) is 3.97. The van der Waals surface area contributed by atoms with E-state index in [0.29, 0.717) is 26.0 Å². The third-order valence-electron chi connectivity index (χ3n) is 3.97. The van der Waals surface area contributed by atoms with Crippen LogP contribution in [0.5, 0.6) is 0 Å². The van der Waals surface area contributed by atoms with Gasteiger partial charge in [-0.3, -0.25) is 4.90 Å². The molecule has 4 heteroatoms. The first-order valence-corrected chi connectivity index (χ1v) is 7.38. The van der Waals surface area contributed by atoms with Gasteiger partial charge in [0.05, 0.1) is 17.9 Å². The van der Waals surface area contributed by atoms with E-state index in [0.717, 1.165) is 24.1 Å². The zero-order chi connectivity index (χ0) is 14.6. The fourth-order valence-electron chi connectivity index (χ4n) is 2.59. The summed E-state index contributed by atoms with van der Waals surface area (Å²) in [6.45, 7) is 4.97. The number of benzene rings is 1. The van der Waals surface area contributed by atoms with E-state index in [2.05, 4.69) is 6.92 Å². The zero-order valence-electron chi connectivity index (χ0n) is 12.3. The van der Waals surface area contributed by atoms with Crippen LogP contribution in [-0.2, 0) is 10.3 Å². The third kappa shape index (κ3) is 2.80. The SMILES string of the molecule is CCCCOC(=O)N1CCC(O)(CC)c2ccccc21. The van der Waals surface area contributed by atoms with E-state index in [4.69, 9.17) is 4.74 Å². The number of unbranched alkanes of at least 4 members (excludes halogenated alkanes) is 1. The molecule has 1 amide bonds. The number of carbonyl (C=O) groups is 1. The summed E-state index contributed by atoms with van der Waals surface area (Å²) in [6, 6.07) is 7.54. The number of hydrogen-bond acceptors (Lipinski definition) is 3. The number of anilines is 1. The minimum Gasteiger partial charge on any atom is -0.449 e. The predicted octanol–water partition coefficient (Wildman–Crippen LogP) is 3.43. The molecule has 1 aliphatic rings. The first-order chi connectivity index (χ1) is 9.62. The summed E-state index contributed by atoms with van der Waals surface area (Å²) in [7, 11) is 0. The molecule has 0 radical (unpaired) electrons. The largest absolute Gasteiger partial charge is 0.449 e. The Hall–Kier alpha value is -1.55. The van der Waals surface area contributed by atoms with Gasteiger partial charge in [0.1, 0.15) is 0 Å². The van der Waals surface area contributed by atoms with Gasteiger partial charge in [-0.25, -0.2) is 4.79 Å². The molecule has 0 bridgehead atoms. The lowest BCUT2D eigenvalue weighted by Gasteiger charge is -2.39. The maximum Gasteiger partial charge on any atom is 0.414 e. The van der Waals surface area contributed by atoms with Crippen molar-refractivity contribution in [2.24, 2.45) is 0 Å². The summed E-state index contributed by atoms with van der Waals surface area (Å²) < 4.78 is 5.29. The minimum atomic E-state index is -0.837. The Labute approximate surface area is 120 Å². The number of amides is 1. The van der Waals surface area contributed by atoms with Gasteiger partial charge in [0, 0.05) is 12.1 Å². The van der Waals surface area contributed by atoms with E-state index < -0.39 is 5.60 Å². The topological polar surface area (TPSA) is 49.8 Å². The number of para-hydroxylation sites is 1. The number of ether oxygens (including phenoxy) is 1. The summed E-state index contributed by atoms with van der Waals surface area (Å²) in [6.07, 6.45) is 2.75. The Kier molecular flexibility index (Phi) is 4.65. The molecule has 0 aliphatic carbocycles. The normalized spacial score (nSPS) is 21.4. The molecule has 20 heavy (non-hydrogen) atoms. The summed E-state index contributed by atoms with van der Waals surface area (Å²) in [5.41, 5.74) is 0.752. The Morgan fingerprint density at radius 3 is 2.85 bits per heavy atom. The molecule has 110 valence electrons. The van der Waals surface area contributed by atoms with Crippen LogP contribution in [0.2, 0.25) is 0 Å². The molecular formula is C16H23NO3. The van der Waals surface area contributed by atoms with Crippen LogP contribution in [0.1, 0.15) is 45.1 Å². The van der Waals surface area contributed by atoms with Crippen molar-refractivity contribution in [3.8, 4) is 0 Å². The molecule has 0 spiro atoms. The number of carbonyl (C=O) groups excluding carboxylic acids is 1. The molecule has 2 rings (SSSR count). The van der Waals surface area contributed by atoms with Crippen molar-refractivity contribution in [3.05, 3.63) is 29.8 Å². The van der Waals surface area contributed by atoms with Crippen LogP contribution in [-0.4, -0.2) is 24.4 Å². The molecule has 0 saturated carbocycles. The van der Waals surface area contributed by atoms with Crippen molar-refractivity contribution in [2.75, 3.05) is 18.1 Å². The smallest absolute Gasteiger partial charge is 0.414 e. The second-order valence-electron chi connectivity index (χ2n) is 5.27. The lowest BCUT2D eigenvalue weighted by molar-refractivity contribution is 0.0211. The van der Waals surface area contributed by atoms with E-state index in [1.807, 2.05) is 31.2 Å². The van der Waals surface area contributed by atoms with Crippen LogP contribution in [0, 0.1) is 0 Å². The van der Waals surface area contributed by atoms with Gasteiger partial charge in [-0.1, -0.05) is 38.5 Å². The molecule has 1 aromatic rings. The Balaban J connectivity index is 2.21. The Bertz CT molecular complexity index is 475. The molecule has 1 aliphatic heterocycles. The van der Waals surface area contributed by atoms with Gasteiger partial charge in [-0.2, -0.15) is 0 Å². The molecule has 0 fully saturated rings. The first-order valence-electron chi connectivity index (χ1n) is 7.38. The van der Waals surface area contributed by atoms with E-state index in [-0.39, 0.29) is 6.09 Å². The number of nitrogens with zero attached hydrogens (tertiary/aromatic N) is 1. The Morgan fingerprint density at radius 1 is 1.40 bits per heavy atom. The second kappa shape index (κ2) is 6.27. The fraction of sp³-hybridized carbons (Fsp3) is 0.562. The van der Waals surface area contributed by atoms with Crippen LogP contribution < -0.4 is 4.90 Å². The summed E-state index contributed by atoms with van der Waals surface area (Å²) in [4.78, 5) is 13.8. The average molecular weight is 277 g/mol. The van der Waals surface area contributed by atoms with Gasteiger partial charge >= 0.3 is 6.09 Å². The lowest BCUT2D eigenvalue weighted by Crippen LogP contribution is -2.43. The highest BCUT2D eigenvalue weighted by Gasteiger charge is 2.37. The molecule has 1 atom stereocenters. The van der Waals surface area contributed by atoms with Gasteiger partial charge in [-0.15, -0.1) is 0 Å². The molecule has 1 N–H and O–H groups in total. The van der Waals surface area contributed by atoms with Crippen molar-refractivity contribution >= 4 is 11.8 Å². The number of hydrogen-bond donors (Lipinski definition) is 1. The van der Waals surface area contributed by atoms with Crippen molar-refractivity contribution in [3.63, 3.8) is 0 Å². The Morgan fingerprint density at radius 2 is 2.15 bits per heavy atom. The van der Waals surface area contributed by atoms with Crippen molar-refractivity contribution < 1.29 is 14.6 Å². The fourth-order valence-corrected chi connectivity index (χ4v) is 2.59. The van der Waals surface area contributed by atoms with Gasteiger partial charge in [0.2, 0.25) is 0 Å². The highest BCUT2D eigenvalue weighted by Crippen LogP contribution is 2.40. The predicted molar refractivity (Wildman–Crippen MR) is 78.8 cm³/mol. The van der Waals surface area contributed by atoms with Gasteiger partial charge in [0.15, 0.2) is 0 Å². The van der Waals surface area contributed by atoms with Crippen LogP contribution in [0.3, 0.4) is 0 Å². The first kappa shape index (κ1) is 14.9. The summed E-state index contributed by atoms with van der Waals surface area (Å²) in [5, 5.41) is 10.7. The zero-order valence-corrected chi connectivity index (χ0v) is 12.3. The highest BCUT2D eigenvalue weighted by molar-refractivity contribution is 5.89. The van der Waals surface area contributed by atoms with Crippen molar-refractivity contribution in [1.29, 1.82) is 0 Å². The van der Waals surface area contributed by atoms with Crippen molar-refractivity contribution in [2.45, 2.75) is 45.1 Å². The summed E-state index contributed by atoms with van der Waals surface area (Å²) >= 11 is 0. The van der Waals surface area contributed by atoms with Crippen LogP contribution in [0.4, 0.5) is 10.5 Å².